The Hall–Kier alpha value is 0.797. The molecule has 0 aromatic rings. The van der Waals surface area contributed by atoms with Gasteiger partial charge in [0.1, 0.15) is 0 Å². The van der Waals surface area contributed by atoms with Gasteiger partial charge in [0.2, 0.25) is 7.42 Å². The summed E-state index contributed by atoms with van der Waals surface area (Å²) >= 11 is 11.9. The second-order valence-electron chi connectivity index (χ2n) is 4.24. The lowest BCUT2D eigenvalue weighted by Gasteiger charge is -2.26. The third-order valence-electron chi connectivity index (χ3n) is 3.47. The van der Waals surface area contributed by atoms with Crippen molar-refractivity contribution in [1.29, 1.82) is 0 Å². The first-order valence-electron chi connectivity index (χ1n) is 4.48. The van der Waals surface area contributed by atoms with Gasteiger partial charge in [0.05, 0.1) is 0 Å². The monoisotopic (exact) mass is 208 g/mol. The van der Waals surface area contributed by atoms with Crippen LogP contribution in [-0.2, 0) is 0 Å². The number of hydrogen-bond donors (Lipinski definition) is 0. The van der Waals surface area contributed by atoms with Crippen LogP contribution in [0.25, 0.3) is 0 Å². The molecule has 3 heteroatoms. The Morgan fingerprint density at radius 1 is 1.27 bits per heavy atom. The molecule has 0 nitrogen and oxygen atoms in total. The molecule has 2 fully saturated rings. The van der Waals surface area contributed by atoms with Gasteiger partial charge >= 0.3 is 0 Å². The zero-order valence-electron chi connectivity index (χ0n) is 6.65. The largest absolute Gasteiger partial charge is 0.237 e. The van der Waals surface area contributed by atoms with Crippen LogP contribution in [0.1, 0.15) is 32.1 Å². The van der Waals surface area contributed by atoms with Crippen molar-refractivity contribution < 1.29 is 0 Å². The summed E-state index contributed by atoms with van der Waals surface area (Å²) in [4.78, 5) is 0. The summed E-state index contributed by atoms with van der Waals surface area (Å²) in [5.41, 5.74) is 0.630. The normalized spacial score (nSPS) is 42.3. The Bertz CT molecular complexity index is 150. The second kappa shape index (κ2) is 2.93. The molecule has 0 aromatic carbocycles. The molecule has 0 N–H and O–H groups in total. The molecule has 2 rings (SSSR count). The molecule has 11 heavy (non-hydrogen) atoms. The molecular formula is C8H14Cl2Si. The molecule has 2 bridgehead atoms. The van der Waals surface area contributed by atoms with E-state index in [1.54, 1.807) is 0 Å². The van der Waals surface area contributed by atoms with Gasteiger partial charge in [0.25, 0.3) is 0 Å². The first-order valence-corrected chi connectivity index (χ1v) is 8.79. The van der Waals surface area contributed by atoms with Crippen LogP contribution >= 0.6 is 22.2 Å². The van der Waals surface area contributed by atoms with E-state index in [1.165, 1.54) is 38.1 Å². The third kappa shape index (κ3) is 1.61. The minimum atomic E-state index is -1.34. The van der Waals surface area contributed by atoms with Crippen molar-refractivity contribution in [2.45, 2.75) is 38.1 Å². The van der Waals surface area contributed by atoms with Crippen LogP contribution in [0.5, 0.6) is 0 Å². The van der Waals surface area contributed by atoms with Gasteiger partial charge in [-0.2, -0.15) is 22.2 Å². The maximum atomic E-state index is 5.95. The fraction of sp³-hybridized carbons (Fsp3) is 1.00. The van der Waals surface area contributed by atoms with Crippen molar-refractivity contribution in [3.63, 3.8) is 0 Å². The van der Waals surface area contributed by atoms with E-state index in [-0.39, 0.29) is 0 Å². The minimum absolute atomic E-state index is 0.630. The highest BCUT2D eigenvalue weighted by Crippen LogP contribution is 2.57. The van der Waals surface area contributed by atoms with E-state index in [0.717, 1.165) is 5.92 Å². The molecule has 0 aliphatic heterocycles. The molecule has 0 radical (unpaired) electrons. The SMILES string of the molecule is Cl[SiH](Cl)CC12CCC(CC1)C2. The van der Waals surface area contributed by atoms with Crippen molar-refractivity contribution in [2.24, 2.45) is 11.3 Å². The summed E-state index contributed by atoms with van der Waals surface area (Å²) in [6.45, 7) is 0. The molecule has 2 saturated carbocycles. The zero-order chi connectivity index (χ0) is 7.90. The molecule has 0 unspecified atom stereocenters. The van der Waals surface area contributed by atoms with Gasteiger partial charge in [-0.3, -0.25) is 0 Å². The predicted octanol–water partition coefficient (Wildman–Crippen LogP) is 3.26. The summed E-state index contributed by atoms with van der Waals surface area (Å²) in [5, 5.41) is 0. The molecule has 0 spiro atoms. The molecule has 64 valence electrons. The van der Waals surface area contributed by atoms with Gasteiger partial charge in [0, 0.05) is 0 Å². The molecule has 0 aromatic heterocycles. The highest BCUT2D eigenvalue weighted by molar-refractivity contribution is 7.33. The van der Waals surface area contributed by atoms with Crippen LogP contribution < -0.4 is 0 Å². The third-order valence-corrected chi connectivity index (χ3v) is 5.58. The highest BCUT2D eigenvalue weighted by atomic mass is 35.7. The van der Waals surface area contributed by atoms with E-state index >= 15 is 0 Å². The summed E-state index contributed by atoms with van der Waals surface area (Å²) in [7, 11) is -1.34. The first-order chi connectivity index (χ1) is 5.20. The van der Waals surface area contributed by atoms with E-state index < -0.39 is 7.42 Å². The van der Waals surface area contributed by atoms with E-state index in [1.807, 2.05) is 0 Å². The standard InChI is InChI=1S/C8H14Cl2Si/c9-11(10)6-8-3-1-7(5-8)2-4-8/h7,11H,1-6H2. The van der Waals surface area contributed by atoms with Crippen LogP contribution in [0.2, 0.25) is 6.04 Å². The number of halogens is 2. The smallest absolute Gasteiger partial charge is 0.150 e. The quantitative estimate of drug-likeness (QED) is 0.483. The van der Waals surface area contributed by atoms with E-state index in [4.69, 9.17) is 22.2 Å². The Kier molecular flexibility index (Phi) is 2.24. The van der Waals surface area contributed by atoms with E-state index in [9.17, 15) is 0 Å². The molecular weight excluding hydrogens is 195 g/mol. The second-order valence-corrected chi connectivity index (χ2v) is 9.26. The maximum absolute atomic E-state index is 5.95. The number of rotatable bonds is 2. The molecule has 2 aliphatic carbocycles. The van der Waals surface area contributed by atoms with Crippen molar-refractivity contribution in [3.8, 4) is 0 Å². The first kappa shape index (κ1) is 8.40. The lowest BCUT2D eigenvalue weighted by Crippen LogP contribution is -2.17. The van der Waals surface area contributed by atoms with Crippen LogP contribution in [0.15, 0.2) is 0 Å². The Balaban J connectivity index is 1.99. The van der Waals surface area contributed by atoms with Crippen LogP contribution in [0.3, 0.4) is 0 Å². The zero-order valence-corrected chi connectivity index (χ0v) is 9.32. The van der Waals surface area contributed by atoms with Crippen molar-refractivity contribution >= 4 is 29.6 Å². The number of hydrogen-bond acceptors (Lipinski definition) is 0. The highest BCUT2D eigenvalue weighted by Gasteiger charge is 2.45. The van der Waals surface area contributed by atoms with Crippen molar-refractivity contribution in [3.05, 3.63) is 0 Å². The van der Waals surface area contributed by atoms with Gasteiger partial charge < -0.3 is 0 Å². The summed E-state index contributed by atoms with van der Waals surface area (Å²) < 4.78 is 0. The molecule has 2 aliphatic rings. The van der Waals surface area contributed by atoms with Crippen molar-refractivity contribution in [1.82, 2.24) is 0 Å². The van der Waals surface area contributed by atoms with Gasteiger partial charge in [-0.25, -0.2) is 0 Å². The van der Waals surface area contributed by atoms with Crippen LogP contribution in [0, 0.1) is 11.3 Å². The summed E-state index contributed by atoms with van der Waals surface area (Å²) in [6, 6.07) is 1.17. The Morgan fingerprint density at radius 2 is 1.91 bits per heavy atom. The summed E-state index contributed by atoms with van der Waals surface area (Å²) in [5.74, 6) is 1.04. The Morgan fingerprint density at radius 3 is 2.27 bits per heavy atom. The average Bonchev–Trinajstić information content (AvgIpc) is 2.43. The fourth-order valence-corrected chi connectivity index (χ4v) is 6.12. The van der Waals surface area contributed by atoms with Crippen molar-refractivity contribution in [2.75, 3.05) is 0 Å². The van der Waals surface area contributed by atoms with Gasteiger partial charge in [0.15, 0.2) is 0 Å². The van der Waals surface area contributed by atoms with Crippen LogP contribution in [0.4, 0.5) is 0 Å². The Labute approximate surface area is 79.3 Å². The molecule has 0 saturated heterocycles. The van der Waals surface area contributed by atoms with Gasteiger partial charge in [-0.05, 0) is 49.5 Å². The van der Waals surface area contributed by atoms with Crippen LogP contribution in [-0.4, -0.2) is 7.42 Å². The molecule has 0 amide bonds. The lowest BCUT2D eigenvalue weighted by molar-refractivity contribution is 0.332. The predicted molar refractivity (Wildman–Crippen MR) is 52.7 cm³/mol. The number of fused-ring (bicyclic) bond motifs is 2. The average molecular weight is 209 g/mol. The van der Waals surface area contributed by atoms with Gasteiger partial charge in [-0.15, -0.1) is 0 Å². The molecule has 0 atom stereocenters. The fourth-order valence-electron chi connectivity index (χ4n) is 2.93. The summed E-state index contributed by atoms with van der Waals surface area (Å²) in [6.07, 6.45) is 7.18. The topological polar surface area (TPSA) is 0 Å². The minimum Gasteiger partial charge on any atom is -0.150 e. The maximum Gasteiger partial charge on any atom is 0.237 e. The van der Waals surface area contributed by atoms with E-state index in [2.05, 4.69) is 0 Å². The lowest BCUT2D eigenvalue weighted by atomic mass is 9.86. The van der Waals surface area contributed by atoms with Gasteiger partial charge in [-0.1, -0.05) is 0 Å². The molecule has 0 heterocycles. The van der Waals surface area contributed by atoms with E-state index in [0.29, 0.717) is 5.41 Å².